The van der Waals surface area contributed by atoms with Crippen molar-refractivity contribution in [2.45, 2.75) is 18.7 Å². The summed E-state index contributed by atoms with van der Waals surface area (Å²) >= 11 is 0. The predicted molar refractivity (Wildman–Crippen MR) is 85.4 cm³/mol. The molecule has 2 heterocycles. The smallest absolute Gasteiger partial charge is 0.416 e. The van der Waals surface area contributed by atoms with E-state index < -0.39 is 11.7 Å². The Balaban J connectivity index is 1.58. The minimum absolute atomic E-state index is 0.0712. The van der Waals surface area contributed by atoms with Crippen molar-refractivity contribution in [1.82, 2.24) is 15.1 Å². The summed E-state index contributed by atoms with van der Waals surface area (Å²) in [4.78, 5) is 0. The quantitative estimate of drug-likeness (QED) is 0.896. The number of nitrogens with zero attached hydrogens (tertiary/aromatic N) is 2. The summed E-state index contributed by atoms with van der Waals surface area (Å²) in [7, 11) is 1.83. The number of benzene rings is 1. The van der Waals surface area contributed by atoms with E-state index in [1.165, 1.54) is 12.1 Å². The molecule has 1 N–H and O–H groups in total. The first-order valence-corrected chi connectivity index (χ1v) is 8.08. The minimum atomic E-state index is -4.37. The highest BCUT2D eigenvalue weighted by Crippen LogP contribution is 2.31. The zero-order valence-corrected chi connectivity index (χ0v) is 13.8. The fraction of sp³-hybridized carbons (Fsp3) is 0.471. The highest BCUT2D eigenvalue weighted by atomic mass is 19.4. The number of ether oxygens (including phenoxy) is 2. The number of aromatic nitrogens is 2. The second kappa shape index (κ2) is 7.45. The number of alkyl halides is 3. The molecule has 0 amide bonds. The maximum atomic E-state index is 12.7. The lowest BCUT2D eigenvalue weighted by atomic mass is 10.2. The number of morpholine rings is 1. The van der Waals surface area contributed by atoms with Crippen LogP contribution in [0.1, 0.15) is 23.1 Å². The fourth-order valence-electron chi connectivity index (χ4n) is 2.71. The summed E-state index contributed by atoms with van der Waals surface area (Å²) in [6, 6.07) is 6.85. The van der Waals surface area contributed by atoms with Crippen molar-refractivity contribution >= 4 is 0 Å². The van der Waals surface area contributed by atoms with Crippen molar-refractivity contribution in [1.29, 1.82) is 0 Å². The number of nitrogens with one attached hydrogen (secondary N) is 1. The van der Waals surface area contributed by atoms with Gasteiger partial charge in [0.25, 0.3) is 0 Å². The molecular weight excluding hydrogens is 335 g/mol. The van der Waals surface area contributed by atoms with Crippen molar-refractivity contribution in [2.75, 3.05) is 26.3 Å². The summed E-state index contributed by atoms with van der Waals surface area (Å²) in [5.74, 6) is 0.206. The van der Waals surface area contributed by atoms with Gasteiger partial charge in [-0.25, -0.2) is 0 Å². The molecule has 0 saturated carbocycles. The molecule has 5 nitrogen and oxygen atoms in total. The normalized spacial score (nSPS) is 18.3. The van der Waals surface area contributed by atoms with Gasteiger partial charge in [-0.05, 0) is 24.3 Å². The van der Waals surface area contributed by atoms with Gasteiger partial charge < -0.3 is 14.8 Å². The second-order valence-corrected chi connectivity index (χ2v) is 5.87. The highest BCUT2D eigenvalue weighted by molar-refractivity contribution is 5.30. The Bertz CT molecular complexity index is 709. The van der Waals surface area contributed by atoms with E-state index >= 15 is 0 Å². The Morgan fingerprint density at radius 2 is 2.20 bits per heavy atom. The third-order valence-corrected chi connectivity index (χ3v) is 4.04. The van der Waals surface area contributed by atoms with Gasteiger partial charge in [-0.3, -0.25) is 4.68 Å². The Kier molecular flexibility index (Phi) is 5.29. The molecule has 1 atom stereocenters. The van der Waals surface area contributed by atoms with Gasteiger partial charge in [0.1, 0.15) is 11.9 Å². The van der Waals surface area contributed by atoms with Gasteiger partial charge in [0, 0.05) is 32.3 Å². The topological polar surface area (TPSA) is 48.3 Å². The molecule has 1 fully saturated rings. The average molecular weight is 355 g/mol. The largest absolute Gasteiger partial charge is 0.493 e. The lowest BCUT2D eigenvalue weighted by Crippen LogP contribution is -2.33. The van der Waals surface area contributed by atoms with Crippen LogP contribution in [0.5, 0.6) is 5.75 Å². The fourth-order valence-corrected chi connectivity index (χ4v) is 2.71. The van der Waals surface area contributed by atoms with Crippen LogP contribution in [0.3, 0.4) is 0 Å². The van der Waals surface area contributed by atoms with Crippen molar-refractivity contribution < 1.29 is 22.6 Å². The molecule has 1 aromatic heterocycles. The number of hydrogen-bond donors (Lipinski definition) is 1. The van der Waals surface area contributed by atoms with Crippen LogP contribution in [-0.4, -0.2) is 36.1 Å². The zero-order valence-electron chi connectivity index (χ0n) is 13.8. The molecule has 0 spiro atoms. The van der Waals surface area contributed by atoms with Crippen LogP contribution in [0.15, 0.2) is 30.3 Å². The number of rotatable bonds is 5. The third kappa shape index (κ3) is 4.52. The van der Waals surface area contributed by atoms with E-state index in [1.807, 2.05) is 13.1 Å². The maximum Gasteiger partial charge on any atom is 0.416 e. The Labute approximate surface area is 143 Å². The average Bonchev–Trinajstić information content (AvgIpc) is 2.96. The summed E-state index contributed by atoms with van der Waals surface area (Å²) in [5, 5.41) is 7.71. The van der Waals surface area contributed by atoms with E-state index in [-0.39, 0.29) is 18.5 Å². The summed E-state index contributed by atoms with van der Waals surface area (Å²) in [5.41, 5.74) is 1.08. The molecule has 1 aliphatic heterocycles. The molecule has 2 aromatic rings. The summed E-state index contributed by atoms with van der Waals surface area (Å²) < 4.78 is 51.0. The van der Waals surface area contributed by atoms with E-state index in [0.29, 0.717) is 13.0 Å². The molecule has 0 aliphatic carbocycles. The van der Waals surface area contributed by atoms with Crippen molar-refractivity contribution in [3.8, 4) is 5.75 Å². The monoisotopic (exact) mass is 355 g/mol. The number of halogens is 3. The van der Waals surface area contributed by atoms with Gasteiger partial charge in [0.05, 0.1) is 24.5 Å². The predicted octanol–water partition coefficient (Wildman–Crippen LogP) is 2.72. The molecule has 1 saturated heterocycles. The molecule has 3 rings (SSSR count). The molecular formula is C17H20F3N3O2. The first-order chi connectivity index (χ1) is 11.9. The summed E-state index contributed by atoms with van der Waals surface area (Å²) in [6.45, 7) is 2.47. The van der Waals surface area contributed by atoms with Crippen molar-refractivity contribution in [3.63, 3.8) is 0 Å². The van der Waals surface area contributed by atoms with Crippen LogP contribution in [0.25, 0.3) is 0 Å². The standard InChI is InChI=1S/C17H20F3N3O2/c1-23-13(10-15(22-23)16-11-21-6-8-25-16)5-7-24-14-4-2-3-12(9-14)17(18,19)20/h2-4,9-10,16,21H,5-8,11H2,1H3/t16-/m1/s1. The van der Waals surface area contributed by atoms with Gasteiger partial charge in [0.15, 0.2) is 0 Å². The Morgan fingerprint density at radius 3 is 2.92 bits per heavy atom. The Hall–Kier alpha value is -2.06. The van der Waals surface area contributed by atoms with E-state index in [9.17, 15) is 13.2 Å². The maximum absolute atomic E-state index is 12.7. The van der Waals surface area contributed by atoms with Gasteiger partial charge in [-0.2, -0.15) is 18.3 Å². The van der Waals surface area contributed by atoms with E-state index in [1.54, 1.807) is 4.68 Å². The van der Waals surface area contributed by atoms with Crippen LogP contribution >= 0.6 is 0 Å². The molecule has 0 bridgehead atoms. The number of hydrogen-bond acceptors (Lipinski definition) is 4. The first-order valence-electron chi connectivity index (χ1n) is 8.08. The molecule has 136 valence electrons. The van der Waals surface area contributed by atoms with Crippen LogP contribution < -0.4 is 10.1 Å². The highest BCUT2D eigenvalue weighted by Gasteiger charge is 2.30. The van der Waals surface area contributed by atoms with Crippen molar-refractivity contribution in [3.05, 3.63) is 47.3 Å². The van der Waals surface area contributed by atoms with Gasteiger partial charge >= 0.3 is 6.18 Å². The van der Waals surface area contributed by atoms with E-state index in [0.717, 1.165) is 36.6 Å². The lowest BCUT2D eigenvalue weighted by Gasteiger charge is -2.21. The molecule has 0 radical (unpaired) electrons. The van der Waals surface area contributed by atoms with Crippen LogP contribution in [0.2, 0.25) is 0 Å². The summed E-state index contributed by atoms with van der Waals surface area (Å²) in [6.07, 6.45) is -3.90. The first kappa shape index (κ1) is 17.8. The van der Waals surface area contributed by atoms with Gasteiger partial charge in [-0.1, -0.05) is 6.07 Å². The van der Waals surface area contributed by atoms with Gasteiger partial charge in [0.2, 0.25) is 0 Å². The Morgan fingerprint density at radius 1 is 1.36 bits per heavy atom. The number of aryl methyl sites for hydroxylation is 1. The van der Waals surface area contributed by atoms with Crippen LogP contribution in [0.4, 0.5) is 13.2 Å². The second-order valence-electron chi connectivity index (χ2n) is 5.87. The SMILES string of the molecule is Cn1nc([C@H]2CNCCO2)cc1CCOc1cccc(C(F)(F)F)c1. The molecule has 1 aromatic carbocycles. The minimum Gasteiger partial charge on any atom is -0.493 e. The molecule has 1 aliphatic rings. The van der Waals surface area contributed by atoms with Crippen molar-refractivity contribution in [2.24, 2.45) is 7.05 Å². The third-order valence-electron chi connectivity index (χ3n) is 4.04. The van der Waals surface area contributed by atoms with E-state index in [4.69, 9.17) is 9.47 Å². The lowest BCUT2D eigenvalue weighted by molar-refractivity contribution is -0.137. The van der Waals surface area contributed by atoms with Crippen LogP contribution in [-0.2, 0) is 24.4 Å². The van der Waals surface area contributed by atoms with E-state index in [2.05, 4.69) is 10.4 Å². The molecule has 8 heteroatoms. The molecule has 0 unspecified atom stereocenters. The van der Waals surface area contributed by atoms with Crippen LogP contribution in [0, 0.1) is 0 Å². The van der Waals surface area contributed by atoms with Gasteiger partial charge in [-0.15, -0.1) is 0 Å². The molecule has 25 heavy (non-hydrogen) atoms. The zero-order chi connectivity index (χ0) is 17.9.